The van der Waals surface area contributed by atoms with Crippen molar-refractivity contribution in [3.8, 4) is 22.6 Å². The van der Waals surface area contributed by atoms with Crippen molar-refractivity contribution >= 4 is 35.1 Å². The van der Waals surface area contributed by atoms with Crippen molar-refractivity contribution in [1.29, 1.82) is 0 Å². The van der Waals surface area contributed by atoms with Gasteiger partial charge in [-0.15, -0.1) is 0 Å². The Bertz CT molecular complexity index is 1550. The number of aromatic nitrogens is 4. The van der Waals surface area contributed by atoms with Gasteiger partial charge >= 0.3 is 6.18 Å². The minimum atomic E-state index is -4.68. The average Bonchev–Trinajstić information content (AvgIpc) is 3.46. The summed E-state index contributed by atoms with van der Waals surface area (Å²) in [5.41, 5.74) is 11.6. The number of nitrogen functional groups attached to an aromatic ring is 1. The lowest BCUT2D eigenvalue weighted by Gasteiger charge is -2.17. The second-order valence-corrected chi connectivity index (χ2v) is 8.93. The number of benzene rings is 1. The van der Waals surface area contributed by atoms with E-state index < -0.39 is 47.1 Å². The van der Waals surface area contributed by atoms with Gasteiger partial charge in [0.1, 0.15) is 34.6 Å². The highest BCUT2D eigenvalue weighted by Crippen LogP contribution is 2.35. The van der Waals surface area contributed by atoms with Gasteiger partial charge in [0.25, 0.3) is 5.91 Å². The lowest BCUT2D eigenvalue weighted by Crippen LogP contribution is -2.26. The molecule has 0 aliphatic heterocycles. The number of carbonyl (C=O) groups is 2. The number of alkyl halides is 3. The molecule has 4 aromatic rings. The maximum absolute atomic E-state index is 13.3. The first-order chi connectivity index (χ1) is 18.3. The largest absolute Gasteiger partial charge is 0.410 e. The van der Waals surface area contributed by atoms with Crippen LogP contribution in [0, 0.1) is 5.82 Å². The van der Waals surface area contributed by atoms with E-state index in [2.05, 4.69) is 20.6 Å². The smallest absolute Gasteiger partial charge is 0.383 e. The maximum Gasteiger partial charge on any atom is 0.410 e. The fourth-order valence-electron chi connectivity index (χ4n) is 3.64. The van der Waals surface area contributed by atoms with Gasteiger partial charge in [-0.3, -0.25) is 19.9 Å². The number of amides is 2. The van der Waals surface area contributed by atoms with Crippen molar-refractivity contribution < 1.29 is 31.7 Å². The summed E-state index contributed by atoms with van der Waals surface area (Å²) >= 11 is 6.03. The van der Waals surface area contributed by atoms with Gasteiger partial charge in [-0.1, -0.05) is 22.8 Å². The molecule has 3 aromatic heterocycles. The predicted octanol–water partition coefficient (Wildman–Crippen LogP) is 4.94. The van der Waals surface area contributed by atoms with Gasteiger partial charge in [0.2, 0.25) is 11.8 Å². The number of nitrogens with zero attached hydrogens (tertiary/aromatic N) is 4. The van der Waals surface area contributed by atoms with Crippen molar-refractivity contribution in [3.63, 3.8) is 0 Å². The molecule has 2 atom stereocenters. The van der Waals surface area contributed by atoms with Crippen LogP contribution in [0.1, 0.15) is 41.7 Å². The summed E-state index contributed by atoms with van der Waals surface area (Å²) in [5.74, 6) is -3.39. The number of nitrogens with two attached hydrogens (primary N) is 2. The highest BCUT2D eigenvalue weighted by Gasteiger charge is 2.40. The third-order valence-corrected chi connectivity index (χ3v) is 6.23. The maximum atomic E-state index is 13.3. The standard InChI is InChI=1S/C24H20ClF4N7O3/c1-10(23(38)33-18-8-17(35-39-18)14-5-4-13(26)7-15(14)25)12-3-6-16(32-9-12)20-19(22(31)37)21(30)36(34-20)11(2)24(27,28)29/h3-11H,30H2,1-2H3,(H2,31,37)(H,33,38). The Morgan fingerprint density at radius 2 is 1.85 bits per heavy atom. The van der Waals surface area contributed by atoms with E-state index >= 15 is 0 Å². The molecule has 0 radical (unpaired) electrons. The van der Waals surface area contributed by atoms with E-state index in [-0.39, 0.29) is 28.0 Å². The zero-order chi connectivity index (χ0) is 28.6. The van der Waals surface area contributed by atoms with Crippen LogP contribution in [0.25, 0.3) is 22.6 Å². The van der Waals surface area contributed by atoms with E-state index in [1.54, 1.807) is 6.92 Å². The first kappa shape index (κ1) is 27.6. The molecule has 10 nitrogen and oxygen atoms in total. The minimum Gasteiger partial charge on any atom is -0.383 e. The molecule has 2 unspecified atom stereocenters. The summed E-state index contributed by atoms with van der Waals surface area (Å²) in [5, 5.41) is 10.3. The van der Waals surface area contributed by atoms with Gasteiger partial charge in [0.15, 0.2) is 0 Å². The summed E-state index contributed by atoms with van der Waals surface area (Å²) in [6, 6.07) is 5.89. The highest BCUT2D eigenvalue weighted by molar-refractivity contribution is 6.33. The van der Waals surface area contributed by atoms with E-state index in [0.717, 1.165) is 13.0 Å². The molecule has 5 N–H and O–H groups in total. The Balaban J connectivity index is 1.53. The van der Waals surface area contributed by atoms with Crippen LogP contribution < -0.4 is 16.8 Å². The molecule has 4 rings (SSSR count). The number of rotatable bonds is 7. The Hall–Kier alpha value is -4.46. The van der Waals surface area contributed by atoms with Crippen LogP contribution in [0.5, 0.6) is 0 Å². The fourth-order valence-corrected chi connectivity index (χ4v) is 3.91. The Kier molecular flexibility index (Phi) is 7.33. The topological polar surface area (TPSA) is 155 Å². The van der Waals surface area contributed by atoms with Crippen LogP contribution in [0.3, 0.4) is 0 Å². The summed E-state index contributed by atoms with van der Waals surface area (Å²) in [6.07, 6.45) is -3.38. The fraction of sp³-hybridized carbons (Fsp3) is 0.208. The van der Waals surface area contributed by atoms with Crippen LogP contribution in [-0.2, 0) is 4.79 Å². The first-order valence-corrected chi connectivity index (χ1v) is 11.6. The molecule has 0 saturated heterocycles. The van der Waals surface area contributed by atoms with Gasteiger partial charge in [-0.05, 0) is 43.7 Å². The Morgan fingerprint density at radius 1 is 1.13 bits per heavy atom. The van der Waals surface area contributed by atoms with E-state index in [9.17, 15) is 27.2 Å². The van der Waals surface area contributed by atoms with Gasteiger partial charge in [-0.25, -0.2) is 9.07 Å². The molecule has 204 valence electrons. The molecule has 0 fully saturated rings. The van der Waals surface area contributed by atoms with Gasteiger partial charge in [0.05, 0.1) is 16.6 Å². The summed E-state index contributed by atoms with van der Waals surface area (Å²) in [4.78, 5) is 28.9. The number of halogens is 5. The zero-order valence-corrected chi connectivity index (χ0v) is 21.0. The van der Waals surface area contributed by atoms with Crippen LogP contribution in [0.2, 0.25) is 5.02 Å². The third kappa shape index (κ3) is 5.55. The predicted molar refractivity (Wildman–Crippen MR) is 133 cm³/mol. The summed E-state index contributed by atoms with van der Waals surface area (Å²) in [6.45, 7) is 2.41. The molecule has 39 heavy (non-hydrogen) atoms. The van der Waals surface area contributed by atoms with Crippen molar-refractivity contribution in [2.45, 2.75) is 32.0 Å². The molecular formula is C24H20ClF4N7O3. The average molecular weight is 566 g/mol. The normalized spacial score (nSPS) is 13.2. The van der Waals surface area contributed by atoms with Crippen molar-refractivity contribution in [2.75, 3.05) is 11.1 Å². The number of hydrogen-bond donors (Lipinski definition) is 3. The number of pyridine rings is 1. The number of nitrogens with one attached hydrogen (secondary N) is 1. The number of carbonyl (C=O) groups excluding carboxylic acids is 2. The molecule has 0 bridgehead atoms. The third-order valence-electron chi connectivity index (χ3n) is 5.92. The quantitative estimate of drug-likeness (QED) is 0.268. The number of primary amides is 1. The second kappa shape index (κ2) is 10.4. The molecule has 2 amide bonds. The van der Waals surface area contributed by atoms with Gasteiger partial charge in [-0.2, -0.15) is 18.3 Å². The first-order valence-electron chi connectivity index (χ1n) is 11.2. The monoisotopic (exact) mass is 565 g/mol. The lowest BCUT2D eigenvalue weighted by atomic mass is 10.0. The second-order valence-electron chi connectivity index (χ2n) is 8.52. The molecule has 15 heteroatoms. The van der Waals surface area contributed by atoms with E-state index in [1.807, 2.05) is 0 Å². The van der Waals surface area contributed by atoms with Crippen LogP contribution in [-0.4, -0.2) is 37.9 Å². The van der Waals surface area contributed by atoms with Gasteiger partial charge < -0.3 is 16.0 Å². The number of hydrogen-bond acceptors (Lipinski definition) is 7. The molecular weight excluding hydrogens is 546 g/mol. The molecule has 3 heterocycles. The Labute approximate surface area is 222 Å². The van der Waals surface area contributed by atoms with Gasteiger partial charge in [0, 0.05) is 17.8 Å². The minimum absolute atomic E-state index is 0.0118. The summed E-state index contributed by atoms with van der Waals surface area (Å²) in [7, 11) is 0. The van der Waals surface area contributed by atoms with E-state index in [0.29, 0.717) is 15.8 Å². The molecule has 0 spiro atoms. The molecule has 0 aliphatic rings. The Morgan fingerprint density at radius 3 is 2.44 bits per heavy atom. The van der Waals surface area contributed by atoms with E-state index in [1.165, 1.54) is 36.5 Å². The highest BCUT2D eigenvalue weighted by atomic mass is 35.5. The van der Waals surface area contributed by atoms with E-state index in [4.69, 9.17) is 27.6 Å². The zero-order valence-electron chi connectivity index (χ0n) is 20.3. The molecule has 0 aliphatic carbocycles. The number of anilines is 2. The van der Waals surface area contributed by atoms with Crippen molar-refractivity contribution in [2.24, 2.45) is 5.73 Å². The van der Waals surface area contributed by atoms with Crippen LogP contribution in [0.15, 0.2) is 47.1 Å². The molecule has 1 aromatic carbocycles. The van der Waals surface area contributed by atoms with Crippen molar-refractivity contribution in [1.82, 2.24) is 19.9 Å². The molecule has 0 saturated carbocycles. The SMILES string of the molecule is CC(C(=O)Nc1cc(-c2ccc(F)cc2Cl)no1)c1ccc(-c2nn(C(C)C(F)(F)F)c(N)c2C(N)=O)nc1. The van der Waals surface area contributed by atoms with Crippen molar-refractivity contribution in [3.05, 3.63) is 64.6 Å². The van der Waals surface area contributed by atoms with Crippen LogP contribution in [0.4, 0.5) is 29.3 Å². The summed E-state index contributed by atoms with van der Waals surface area (Å²) < 4.78 is 58.6. The lowest BCUT2D eigenvalue weighted by molar-refractivity contribution is -0.164. The van der Waals surface area contributed by atoms with Crippen LogP contribution >= 0.6 is 11.6 Å².